The maximum atomic E-state index is 4.95. The van der Waals surface area contributed by atoms with Crippen molar-refractivity contribution < 1.29 is 56.4 Å². The molecular formula is C35H58N3O2Si2Yb. The third-order valence-electron chi connectivity index (χ3n) is 6.59. The van der Waals surface area contributed by atoms with Crippen molar-refractivity contribution in [2.75, 3.05) is 26.4 Å². The van der Waals surface area contributed by atoms with Crippen LogP contribution in [0.5, 0.6) is 0 Å². The minimum absolute atomic E-state index is 0. The van der Waals surface area contributed by atoms with Gasteiger partial charge in [0.05, 0.1) is 0 Å². The molecule has 2 aliphatic rings. The average Bonchev–Trinajstić information content (AvgIpc) is 3.69. The van der Waals surface area contributed by atoms with Gasteiger partial charge in [0.15, 0.2) is 0 Å². The summed E-state index contributed by atoms with van der Waals surface area (Å²) in [5, 5.41) is 6.15. The van der Waals surface area contributed by atoms with E-state index in [1.165, 1.54) is 42.2 Å². The fraction of sp³-hybridized carbons (Fsp3) is 0.600. The molecule has 2 saturated heterocycles. The molecule has 0 aliphatic carbocycles. The zero-order valence-electron chi connectivity index (χ0n) is 28.6. The predicted octanol–water partition coefficient (Wildman–Crippen LogP) is 10.9. The largest absolute Gasteiger partial charge is 3.00 e. The van der Waals surface area contributed by atoms with Crippen LogP contribution in [-0.4, -0.2) is 42.9 Å². The quantitative estimate of drug-likeness (QED) is 0.224. The van der Waals surface area contributed by atoms with Gasteiger partial charge in [-0.2, -0.15) is 5.69 Å². The summed E-state index contributed by atoms with van der Waals surface area (Å²) < 4.78 is 14.7. The molecule has 0 bridgehead atoms. The van der Waals surface area contributed by atoms with Gasteiger partial charge in [-0.15, -0.1) is 17.7 Å². The van der Waals surface area contributed by atoms with Crippen LogP contribution in [0.15, 0.2) is 48.5 Å². The Morgan fingerprint density at radius 3 is 1.51 bits per heavy atom. The van der Waals surface area contributed by atoms with E-state index in [1.54, 1.807) is 0 Å². The Bertz CT molecular complexity index is 1070. The molecule has 0 spiro atoms. The van der Waals surface area contributed by atoms with E-state index in [9.17, 15) is 0 Å². The van der Waals surface area contributed by atoms with Crippen molar-refractivity contribution in [2.45, 2.75) is 111 Å². The number of hydrogen-bond acceptors (Lipinski definition) is 2. The maximum Gasteiger partial charge on any atom is 3.00 e. The first-order valence-corrected chi connectivity index (χ1v) is 22.9. The van der Waals surface area contributed by atoms with E-state index in [4.69, 9.17) is 19.4 Å². The predicted molar refractivity (Wildman–Crippen MR) is 189 cm³/mol. The van der Waals surface area contributed by atoms with E-state index in [2.05, 4.69) is 114 Å². The number of benzene rings is 2. The Morgan fingerprint density at radius 2 is 1.16 bits per heavy atom. The van der Waals surface area contributed by atoms with Gasteiger partial charge in [0.2, 0.25) is 0 Å². The minimum atomic E-state index is -1.11. The van der Waals surface area contributed by atoms with Gasteiger partial charge in [-0.05, 0) is 42.9 Å². The molecule has 0 saturated carbocycles. The smallest absolute Gasteiger partial charge is 0.682 e. The molecule has 0 amide bonds. The molecule has 0 unspecified atom stereocenters. The molecule has 43 heavy (non-hydrogen) atoms. The zero-order chi connectivity index (χ0) is 31.2. The molecule has 2 aromatic carbocycles. The van der Waals surface area contributed by atoms with Gasteiger partial charge in [0.25, 0.3) is 0 Å². The molecule has 0 N–H and O–H groups in total. The Balaban J connectivity index is 0.000000376. The van der Waals surface area contributed by atoms with Crippen LogP contribution < -0.4 is 4.98 Å². The van der Waals surface area contributed by atoms with Crippen molar-refractivity contribution in [2.24, 2.45) is 0 Å². The van der Waals surface area contributed by atoms with Crippen LogP contribution in [0.2, 0.25) is 39.3 Å². The van der Waals surface area contributed by atoms with Gasteiger partial charge in [-0.1, -0.05) is 143 Å². The van der Waals surface area contributed by atoms with Crippen molar-refractivity contribution in [1.29, 1.82) is 0 Å². The van der Waals surface area contributed by atoms with E-state index in [1.807, 2.05) is 6.07 Å². The number of aromatic nitrogens is 1. The second-order valence-corrected chi connectivity index (χ2v) is 23.4. The fourth-order valence-electron chi connectivity index (χ4n) is 5.04. The first kappa shape index (κ1) is 40.6. The molecule has 3 aromatic rings. The van der Waals surface area contributed by atoms with E-state index in [0.717, 1.165) is 43.3 Å². The summed E-state index contributed by atoms with van der Waals surface area (Å²) in [6.45, 7) is 27.3. The Hall–Kier alpha value is -0.387. The molecule has 2 fully saturated rings. The average molecular weight is 782 g/mol. The van der Waals surface area contributed by atoms with Crippen molar-refractivity contribution in [3.8, 4) is 0 Å². The van der Waals surface area contributed by atoms with E-state index < -0.39 is 16.5 Å². The van der Waals surface area contributed by atoms with E-state index in [0.29, 0.717) is 18.4 Å². The van der Waals surface area contributed by atoms with Crippen molar-refractivity contribution >= 4 is 33.1 Å². The number of ether oxygens (including phenoxy) is 2. The van der Waals surface area contributed by atoms with Gasteiger partial charge in [-0.25, -0.2) is 0 Å². The summed E-state index contributed by atoms with van der Waals surface area (Å²) in [4.78, 5) is 4.68. The molecule has 3 heterocycles. The minimum Gasteiger partial charge on any atom is -0.682 e. The van der Waals surface area contributed by atoms with Gasteiger partial charge >= 0.3 is 46.9 Å². The van der Waals surface area contributed by atoms with Crippen LogP contribution in [0.4, 0.5) is 5.69 Å². The number of rotatable bonds is 7. The second kappa shape index (κ2) is 20.7. The van der Waals surface area contributed by atoms with Crippen LogP contribution in [0.3, 0.4) is 0 Å². The van der Waals surface area contributed by atoms with Gasteiger partial charge in [0.1, 0.15) is 0 Å². The first-order chi connectivity index (χ1) is 19.8. The van der Waals surface area contributed by atoms with E-state index in [-0.39, 0.29) is 46.9 Å². The molecule has 247 valence electrons. The molecule has 2 aliphatic heterocycles. The molecule has 1 radical (unpaired) electrons. The van der Waals surface area contributed by atoms with Crippen molar-refractivity contribution in [1.82, 2.24) is 4.98 Å². The van der Waals surface area contributed by atoms with Crippen molar-refractivity contribution in [3.05, 3.63) is 75.3 Å². The second-order valence-electron chi connectivity index (χ2n) is 13.8. The SMILES string of the molecule is C1CCOC1.C1CCOC1.CC(C)c1cccc(C(C)C)c1[N-]Cc1cc2ccccc2[n-]1.C[Si](C)(C)[N-][Si](C)(C)C.[Yb+3]. The number of nitrogens with zero attached hydrogens (tertiary/aromatic N) is 3. The van der Waals surface area contributed by atoms with Crippen LogP contribution in [0.25, 0.3) is 20.9 Å². The summed E-state index contributed by atoms with van der Waals surface area (Å²) in [7, 11) is -2.21. The summed E-state index contributed by atoms with van der Waals surface area (Å²) in [5.41, 5.74) is 5.91. The summed E-state index contributed by atoms with van der Waals surface area (Å²) in [5.74, 6) is 0.943. The Labute approximate surface area is 304 Å². The molecular weight excluding hydrogens is 724 g/mol. The molecule has 8 heteroatoms. The number of fused-ring (bicyclic) bond motifs is 1. The number of hydrogen-bond donors (Lipinski definition) is 0. The molecule has 5 rings (SSSR count). The van der Waals surface area contributed by atoms with Gasteiger partial charge in [-0.3, -0.25) is 0 Å². The van der Waals surface area contributed by atoms with Crippen LogP contribution in [0, 0.1) is 46.9 Å². The topological polar surface area (TPSA) is 60.8 Å². The Kier molecular flexibility index (Phi) is 19.5. The summed E-state index contributed by atoms with van der Waals surface area (Å²) in [6.07, 6.45) is 5.11. The third kappa shape index (κ3) is 17.2. The van der Waals surface area contributed by atoms with Crippen LogP contribution >= 0.6 is 0 Å². The van der Waals surface area contributed by atoms with Crippen molar-refractivity contribution in [3.63, 3.8) is 0 Å². The molecule has 5 nitrogen and oxygen atoms in total. The third-order valence-corrected chi connectivity index (χ3v) is 12.0. The van der Waals surface area contributed by atoms with Crippen LogP contribution in [0.1, 0.15) is 82.0 Å². The normalized spacial score (nSPS) is 14.7. The molecule has 1 aromatic heterocycles. The maximum absolute atomic E-state index is 4.95. The zero-order valence-corrected chi connectivity index (χ0v) is 32.3. The molecule has 0 atom stereocenters. The summed E-state index contributed by atoms with van der Waals surface area (Å²) >= 11 is 0. The fourth-order valence-corrected chi connectivity index (χ4v) is 13.1. The Morgan fingerprint density at radius 1 is 0.698 bits per heavy atom. The summed E-state index contributed by atoms with van der Waals surface area (Å²) in [6, 6.07) is 16.9. The van der Waals surface area contributed by atoms with E-state index >= 15 is 0 Å². The first-order valence-electron chi connectivity index (χ1n) is 16.0. The van der Waals surface area contributed by atoms with Crippen LogP contribution in [-0.2, 0) is 16.0 Å². The standard InChI is InChI=1S/C21H24N2.C6H18NSi2.2C4H8O.Yb/c1-14(2)18-9-7-10-19(15(3)4)21(18)22-13-17-12-16-8-5-6-11-20(16)23-17;1-8(2,3)7-9(4,5)6;2*1-2-4-5-3-1;/h5-12,14-15H,13H2,1-4H3;1-6H3;2*1-4H2;/q-2;-1;;;+3. The van der Waals surface area contributed by atoms with Gasteiger partial charge < -0.3 is 24.4 Å². The monoisotopic (exact) mass is 782 g/mol. The number of para-hydroxylation sites is 2. The van der Waals surface area contributed by atoms with Gasteiger partial charge in [0, 0.05) is 26.4 Å².